The van der Waals surface area contributed by atoms with Gasteiger partial charge in [-0.05, 0) is 5.56 Å². The van der Waals surface area contributed by atoms with Crippen molar-refractivity contribution in [1.29, 1.82) is 0 Å². The van der Waals surface area contributed by atoms with Crippen molar-refractivity contribution in [1.82, 2.24) is 5.32 Å². The fourth-order valence-electron chi connectivity index (χ4n) is 1.28. The topological polar surface area (TPSA) is 102 Å². The lowest BCUT2D eigenvalue weighted by Crippen LogP contribution is -2.34. The fourth-order valence-corrected chi connectivity index (χ4v) is 1.28. The van der Waals surface area contributed by atoms with Crippen LogP contribution in [0.15, 0.2) is 43.2 Å². The van der Waals surface area contributed by atoms with Gasteiger partial charge in [0.25, 0.3) is 0 Å². The summed E-state index contributed by atoms with van der Waals surface area (Å²) < 4.78 is 8.52. The van der Waals surface area contributed by atoms with Crippen LogP contribution in [0.1, 0.15) is 11.6 Å². The first-order valence-electron chi connectivity index (χ1n) is 5.12. The Kier molecular flexibility index (Phi) is 5.09. The number of amides is 1. The van der Waals surface area contributed by atoms with Gasteiger partial charge in [-0.25, -0.2) is 14.4 Å². The molecule has 100 valence electrons. The highest BCUT2D eigenvalue weighted by Crippen LogP contribution is 2.14. The SMILES string of the molecule is C=COC(=O)OC(=O)[C@@H](NC(=O)O)c1ccccc1. The third kappa shape index (κ3) is 4.50. The van der Waals surface area contributed by atoms with E-state index in [9.17, 15) is 14.4 Å². The van der Waals surface area contributed by atoms with Gasteiger partial charge >= 0.3 is 18.2 Å². The minimum Gasteiger partial charge on any atom is -0.465 e. The van der Waals surface area contributed by atoms with Gasteiger partial charge in [0.1, 0.15) is 0 Å². The maximum Gasteiger partial charge on any atom is 0.521 e. The van der Waals surface area contributed by atoms with E-state index in [1.54, 1.807) is 18.2 Å². The molecule has 19 heavy (non-hydrogen) atoms. The smallest absolute Gasteiger partial charge is 0.465 e. The number of benzene rings is 1. The third-order valence-electron chi connectivity index (χ3n) is 2.00. The quantitative estimate of drug-likeness (QED) is 0.489. The van der Waals surface area contributed by atoms with Gasteiger partial charge in [-0.2, -0.15) is 0 Å². The van der Waals surface area contributed by atoms with E-state index in [1.807, 2.05) is 5.32 Å². The highest BCUT2D eigenvalue weighted by Gasteiger charge is 2.26. The van der Waals surface area contributed by atoms with Crippen molar-refractivity contribution in [2.24, 2.45) is 0 Å². The molecule has 1 rings (SSSR count). The Morgan fingerprint density at radius 1 is 1.26 bits per heavy atom. The van der Waals surface area contributed by atoms with Crippen molar-refractivity contribution in [3.05, 3.63) is 48.7 Å². The Morgan fingerprint density at radius 3 is 2.42 bits per heavy atom. The average molecular weight is 265 g/mol. The summed E-state index contributed by atoms with van der Waals surface area (Å²) in [5.74, 6) is -1.10. The summed E-state index contributed by atoms with van der Waals surface area (Å²) in [4.78, 5) is 33.3. The Labute approximate surface area is 108 Å². The van der Waals surface area contributed by atoms with Crippen molar-refractivity contribution in [2.75, 3.05) is 0 Å². The number of hydrogen-bond acceptors (Lipinski definition) is 5. The molecular weight excluding hydrogens is 254 g/mol. The lowest BCUT2D eigenvalue weighted by atomic mass is 10.1. The number of carboxylic acid groups (broad SMARTS) is 1. The molecule has 0 bridgehead atoms. The molecule has 0 aromatic heterocycles. The van der Waals surface area contributed by atoms with E-state index < -0.39 is 24.3 Å². The molecule has 0 unspecified atom stereocenters. The number of nitrogens with one attached hydrogen (secondary N) is 1. The first kappa shape index (κ1) is 14.2. The molecule has 1 aromatic carbocycles. The van der Waals surface area contributed by atoms with Crippen molar-refractivity contribution >= 4 is 18.2 Å². The number of rotatable bonds is 4. The Hall–Kier alpha value is -2.83. The summed E-state index contributed by atoms with van der Waals surface area (Å²) >= 11 is 0. The van der Waals surface area contributed by atoms with Crippen molar-refractivity contribution in [3.63, 3.8) is 0 Å². The largest absolute Gasteiger partial charge is 0.521 e. The maximum atomic E-state index is 11.7. The van der Waals surface area contributed by atoms with E-state index in [0.29, 0.717) is 5.56 Å². The predicted molar refractivity (Wildman–Crippen MR) is 63.1 cm³/mol. The van der Waals surface area contributed by atoms with Crippen LogP contribution in [-0.2, 0) is 14.3 Å². The molecule has 0 saturated carbocycles. The van der Waals surface area contributed by atoms with Gasteiger partial charge in [0.2, 0.25) is 0 Å². The van der Waals surface area contributed by atoms with E-state index in [2.05, 4.69) is 16.1 Å². The first-order chi connectivity index (χ1) is 9.04. The molecule has 1 aromatic rings. The van der Waals surface area contributed by atoms with E-state index in [4.69, 9.17) is 5.11 Å². The van der Waals surface area contributed by atoms with Gasteiger partial charge in [0.05, 0.1) is 6.26 Å². The average Bonchev–Trinajstić information content (AvgIpc) is 2.37. The molecule has 7 heteroatoms. The van der Waals surface area contributed by atoms with Crippen molar-refractivity contribution in [3.8, 4) is 0 Å². The summed E-state index contributed by atoms with van der Waals surface area (Å²) in [6.45, 7) is 3.12. The van der Waals surface area contributed by atoms with Gasteiger partial charge in [-0.15, -0.1) is 0 Å². The monoisotopic (exact) mass is 265 g/mol. The van der Waals surface area contributed by atoms with Gasteiger partial charge < -0.3 is 19.9 Å². The molecule has 0 aliphatic heterocycles. The molecular formula is C12H11NO6. The van der Waals surface area contributed by atoms with Gasteiger partial charge in [-0.1, -0.05) is 36.9 Å². The molecule has 0 heterocycles. The fraction of sp³-hybridized carbons (Fsp3) is 0.0833. The zero-order valence-corrected chi connectivity index (χ0v) is 9.74. The van der Waals surface area contributed by atoms with E-state index in [0.717, 1.165) is 6.26 Å². The predicted octanol–water partition coefficient (Wildman–Crippen LogP) is 1.82. The molecule has 0 radical (unpaired) electrons. The summed E-state index contributed by atoms with van der Waals surface area (Å²) in [6, 6.07) is 6.62. The van der Waals surface area contributed by atoms with Crippen LogP contribution >= 0.6 is 0 Å². The summed E-state index contributed by atoms with van der Waals surface area (Å²) in [5.41, 5.74) is 0.335. The maximum absolute atomic E-state index is 11.7. The van der Waals surface area contributed by atoms with Crippen LogP contribution in [-0.4, -0.2) is 23.3 Å². The molecule has 7 nitrogen and oxygen atoms in total. The van der Waals surface area contributed by atoms with E-state index in [1.165, 1.54) is 12.1 Å². The molecule has 0 aliphatic carbocycles. The minimum absolute atomic E-state index is 0.335. The highest BCUT2D eigenvalue weighted by atomic mass is 16.7. The molecule has 1 atom stereocenters. The molecule has 0 fully saturated rings. The second-order valence-electron chi connectivity index (χ2n) is 3.25. The van der Waals surface area contributed by atoms with Crippen LogP contribution in [0.3, 0.4) is 0 Å². The second kappa shape index (κ2) is 6.80. The first-order valence-corrected chi connectivity index (χ1v) is 5.12. The molecule has 2 N–H and O–H groups in total. The number of ether oxygens (including phenoxy) is 2. The molecule has 0 aliphatic rings. The van der Waals surface area contributed by atoms with E-state index in [-0.39, 0.29) is 0 Å². The van der Waals surface area contributed by atoms with Crippen LogP contribution < -0.4 is 5.32 Å². The molecule has 0 spiro atoms. The third-order valence-corrected chi connectivity index (χ3v) is 2.00. The normalized spacial score (nSPS) is 10.9. The Balaban J connectivity index is 2.85. The van der Waals surface area contributed by atoms with Gasteiger partial charge in [0.15, 0.2) is 6.04 Å². The zero-order valence-electron chi connectivity index (χ0n) is 9.74. The number of carbonyl (C=O) groups is 3. The summed E-state index contributed by atoms with van der Waals surface area (Å²) in [7, 11) is 0. The van der Waals surface area contributed by atoms with Gasteiger partial charge in [0, 0.05) is 0 Å². The molecule has 0 saturated heterocycles. The minimum atomic E-state index is -1.43. The standard InChI is InChI=1S/C12H11NO6/c1-2-18-12(17)19-10(14)9(13-11(15)16)8-6-4-3-5-7-8/h2-7,9,13H,1H2,(H,15,16)/t9-/m0/s1. The lowest BCUT2D eigenvalue weighted by molar-refractivity contribution is -0.141. The highest BCUT2D eigenvalue weighted by molar-refractivity contribution is 5.88. The van der Waals surface area contributed by atoms with E-state index >= 15 is 0 Å². The second-order valence-corrected chi connectivity index (χ2v) is 3.25. The van der Waals surface area contributed by atoms with Gasteiger partial charge in [-0.3, -0.25) is 0 Å². The molecule has 1 amide bonds. The van der Waals surface area contributed by atoms with Crippen LogP contribution in [0, 0.1) is 0 Å². The van der Waals surface area contributed by atoms with Crippen LogP contribution in [0.25, 0.3) is 0 Å². The summed E-state index contributed by atoms with van der Waals surface area (Å²) in [5, 5.41) is 10.6. The summed E-state index contributed by atoms with van der Waals surface area (Å²) in [6.07, 6.45) is -1.92. The Bertz CT molecular complexity index is 484. The number of hydrogen-bond donors (Lipinski definition) is 2. The number of carbonyl (C=O) groups excluding carboxylic acids is 2. The Morgan fingerprint density at radius 2 is 1.89 bits per heavy atom. The van der Waals surface area contributed by atoms with Crippen LogP contribution in [0.2, 0.25) is 0 Å². The zero-order chi connectivity index (χ0) is 14.3. The van der Waals surface area contributed by atoms with Crippen LogP contribution in [0.4, 0.5) is 9.59 Å². The lowest BCUT2D eigenvalue weighted by Gasteiger charge is -2.14. The van der Waals surface area contributed by atoms with Crippen molar-refractivity contribution in [2.45, 2.75) is 6.04 Å². The van der Waals surface area contributed by atoms with Crippen molar-refractivity contribution < 1.29 is 29.0 Å². The number of esters is 1. The van der Waals surface area contributed by atoms with Crippen LogP contribution in [0.5, 0.6) is 0 Å².